The van der Waals surface area contributed by atoms with E-state index in [-0.39, 0.29) is 5.91 Å². The Bertz CT molecular complexity index is 1180. The number of ether oxygens (including phenoxy) is 1. The van der Waals surface area contributed by atoms with Crippen LogP contribution in [-0.4, -0.2) is 34.2 Å². The number of carbonyl (C=O) groups excluding carboxylic acids is 1. The highest BCUT2D eigenvalue weighted by atomic mass is 32.2. The number of hydrogen-bond acceptors (Lipinski definition) is 4. The van der Waals surface area contributed by atoms with Gasteiger partial charge in [-0.2, -0.15) is 0 Å². The smallest absolute Gasteiger partial charge is 0.266 e. The second-order valence-electron chi connectivity index (χ2n) is 7.27. The summed E-state index contributed by atoms with van der Waals surface area (Å²) in [7, 11) is 1.64. The summed E-state index contributed by atoms with van der Waals surface area (Å²) in [6.07, 6.45) is 3.98. The zero-order valence-corrected chi connectivity index (χ0v) is 18.9. The number of aryl methyl sites for hydroxylation is 1. The fourth-order valence-corrected chi connectivity index (χ4v) is 4.55. The van der Waals surface area contributed by atoms with Gasteiger partial charge in [0.15, 0.2) is 5.17 Å². The van der Waals surface area contributed by atoms with Crippen LogP contribution in [0.15, 0.2) is 70.7 Å². The number of carbonyl (C=O) groups is 1. The second kappa shape index (κ2) is 8.86. The van der Waals surface area contributed by atoms with E-state index in [0.29, 0.717) is 16.6 Å². The fraction of sp³-hybridized carbons (Fsp3) is 0.200. The predicted octanol–water partition coefficient (Wildman–Crippen LogP) is 5.73. The van der Waals surface area contributed by atoms with Gasteiger partial charge in [-0.25, -0.2) is 4.99 Å². The van der Waals surface area contributed by atoms with Gasteiger partial charge in [0, 0.05) is 24.1 Å². The number of rotatable bonds is 5. The summed E-state index contributed by atoms with van der Waals surface area (Å²) in [6, 6.07) is 17.8. The van der Waals surface area contributed by atoms with Gasteiger partial charge < -0.3 is 9.30 Å². The summed E-state index contributed by atoms with van der Waals surface area (Å²) in [5.74, 6) is 0.757. The van der Waals surface area contributed by atoms with Gasteiger partial charge in [0.1, 0.15) is 5.75 Å². The minimum absolute atomic E-state index is 0.0199. The molecular formula is C25H25N3O2S. The Morgan fingerprint density at radius 2 is 1.84 bits per heavy atom. The van der Waals surface area contributed by atoms with E-state index in [1.807, 2.05) is 55.6 Å². The van der Waals surface area contributed by atoms with Crippen molar-refractivity contribution in [3.63, 3.8) is 0 Å². The second-order valence-corrected chi connectivity index (χ2v) is 8.28. The fourth-order valence-electron chi connectivity index (χ4n) is 3.50. The number of benzene rings is 2. The van der Waals surface area contributed by atoms with E-state index in [2.05, 4.69) is 36.6 Å². The molecule has 0 aliphatic carbocycles. The molecule has 1 aliphatic heterocycles. The molecule has 158 valence electrons. The van der Waals surface area contributed by atoms with Crippen LogP contribution >= 0.6 is 11.8 Å². The van der Waals surface area contributed by atoms with Gasteiger partial charge in [-0.1, -0.05) is 12.1 Å². The van der Waals surface area contributed by atoms with Gasteiger partial charge in [-0.3, -0.25) is 9.69 Å². The van der Waals surface area contributed by atoms with Crippen LogP contribution in [0.2, 0.25) is 0 Å². The van der Waals surface area contributed by atoms with E-state index in [4.69, 9.17) is 9.73 Å². The topological polar surface area (TPSA) is 46.8 Å². The van der Waals surface area contributed by atoms with Crippen molar-refractivity contribution >= 4 is 34.6 Å². The van der Waals surface area contributed by atoms with Crippen LogP contribution in [0.25, 0.3) is 11.8 Å². The average Bonchev–Trinajstić information content (AvgIpc) is 3.35. The largest absolute Gasteiger partial charge is 0.497 e. The number of methoxy groups -OCH3 is 1. The van der Waals surface area contributed by atoms with E-state index in [0.717, 1.165) is 22.8 Å². The van der Waals surface area contributed by atoms with Crippen LogP contribution in [0, 0.1) is 13.8 Å². The van der Waals surface area contributed by atoms with Gasteiger partial charge >= 0.3 is 0 Å². The lowest BCUT2D eigenvalue weighted by molar-refractivity contribution is -0.122. The molecular weight excluding hydrogens is 406 g/mol. The lowest BCUT2D eigenvalue weighted by atomic mass is 10.1. The molecule has 2 heterocycles. The molecule has 1 saturated heterocycles. The molecule has 6 heteroatoms. The SMILES string of the molecule is CCN1C(=O)/C(=C\c2cccn2-c2cccc(C)c2C)SC1=Nc1ccc(OC)cc1. The van der Waals surface area contributed by atoms with Crippen LogP contribution in [0.5, 0.6) is 5.75 Å². The standard InChI is InChI=1S/C25H25N3O2S/c1-5-27-24(29)23(31-25(27)26-19-11-13-21(30-4)14-12-19)16-20-9-7-15-28(20)22-10-6-8-17(2)18(22)3/h6-16H,5H2,1-4H3/b23-16+,26-25?. The van der Waals surface area contributed by atoms with E-state index in [9.17, 15) is 4.79 Å². The highest BCUT2D eigenvalue weighted by molar-refractivity contribution is 8.18. The Morgan fingerprint density at radius 1 is 1.06 bits per heavy atom. The van der Waals surface area contributed by atoms with Crippen LogP contribution in [-0.2, 0) is 4.79 Å². The normalized spacial score (nSPS) is 16.5. The van der Waals surface area contributed by atoms with Crippen molar-refractivity contribution in [3.8, 4) is 11.4 Å². The van der Waals surface area contributed by atoms with Crippen molar-refractivity contribution in [2.75, 3.05) is 13.7 Å². The molecule has 5 nitrogen and oxygen atoms in total. The first-order valence-corrected chi connectivity index (χ1v) is 11.0. The number of amidine groups is 1. The maximum absolute atomic E-state index is 13.1. The number of hydrogen-bond donors (Lipinski definition) is 0. The quantitative estimate of drug-likeness (QED) is 0.485. The number of aliphatic imine (C=N–C) groups is 1. The summed E-state index contributed by atoms with van der Waals surface area (Å²) in [5, 5.41) is 0.689. The first-order chi connectivity index (χ1) is 15.0. The third-order valence-electron chi connectivity index (χ3n) is 5.40. The number of nitrogens with zero attached hydrogens (tertiary/aromatic N) is 3. The summed E-state index contributed by atoms with van der Waals surface area (Å²) < 4.78 is 7.33. The minimum atomic E-state index is -0.0199. The lowest BCUT2D eigenvalue weighted by Crippen LogP contribution is -2.28. The first kappa shape index (κ1) is 21.0. The van der Waals surface area contributed by atoms with Crippen LogP contribution in [0.3, 0.4) is 0 Å². The van der Waals surface area contributed by atoms with Crippen molar-refractivity contribution in [3.05, 3.63) is 82.5 Å². The Labute approximate surface area is 187 Å². The summed E-state index contributed by atoms with van der Waals surface area (Å²) >= 11 is 1.41. The van der Waals surface area contributed by atoms with Crippen molar-refractivity contribution in [2.45, 2.75) is 20.8 Å². The van der Waals surface area contributed by atoms with Crippen LogP contribution in [0.1, 0.15) is 23.7 Å². The van der Waals surface area contributed by atoms with Crippen molar-refractivity contribution in [1.82, 2.24) is 9.47 Å². The van der Waals surface area contributed by atoms with E-state index >= 15 is 0 Å². The summed E-state index contributed by atoms with van der Waals surface area (Å²) in [5.41, 5.74) is 5.33. The zero-order chi connectivity index (χ0) is 22.0. The molecule has 1 aromatic heterocycles. The number of thioether (sulfide) groups is 1. The molecule has 0 unspecified atom stereocenters. The number of amides is 1. The third kappa shape index (κ3) is 4.16. The third-order valence-corrected chi connectivity index (χ3v) is 6.40. The van der Waals surface area contributed by atoms with Gasteiger partial charge in [-0.05, 0) is 92.2 Å². The molecule has 0 spiro atoms. The van der Waals surface area contributed by atoms with E-state index in [1.165, 1.54) is 22.9 Å². The molecule has 1 aliphatic rings. The number of likely N-dealkylation sites (N-methyl/N-ethyl adjacent to an activating group) is 1. The molecule has 2 aromatic carbocycles. The van der Waals surface area contributed by atoms with E-state index in [1.54, 1.807) is 12.0 Å². The van der Waals surface area contributed by atoms with Gasteiger partial charge in [-0.15, -0.1) is 0 Å². The Hall–Kier alpha value is -3.25. The van der Waals surface area contributed by atoms with E-state index < -0.39 is 0 Å². The zero-order valence-electron chi connectivity index (χ0n) is 18.1. The van der Waals surface area contributed by atoms with Crippen molar-refractivity contribution in [2.24, 2.45) is 4.99 Å². The van der Waals surface area contributed by atoms with Crippen molar-refractivity contribution < 1.29 is 9.53 Å². The van der Waals surface area contributed by atoms with Gasteiger partial charge in [0.05, 0.1) is 17.7 Å². The Kier molecular flexibility index (Phi) is 6.00. The molecule has 4 rings (SSSR count). The maximum Gasteiger partial charge on any atom is 0.266 e. The molecule has 0 saturated carbocycles. The van der Waals surface area contributed by atoms with Crippen LogP contribution < -0.4 is 4.74 Å². The lowest BCUT2D eigenvalue weighted by Gasteiger charge is -2.13. The van der Waals surface area contributed by atoms with Gasteiger partial charge in [0.25, 0.3) is 5.91 Å². The summed E-state index contributed by atoms with van der Waals surface area (Å²) in [6.45, 7) is 6.76. The molecule has 1 fully saturated rings. The molecule has 0 atom stereocenters. The highest BCUT2D eigenvalue weighted by Crippen LogP contribution is 2.35. The molecule has 0 bridgehead atoms. The molecule has 0 N–H and O–H groups in total. The number of aromatic nitrogens is 1. The summed E-state index contributed by atoms with van der Waals surface area (Å²) in [4.78, 5) is 20.1. The average molecular weight is 432 g/mol. The Morgan fingerprint density at radius 3 is 2.55 bits per heavy atom. The predicted molar refractivity (Wildman–Crippen MR) is 128 cm³/mol. The molecule has 3 aromatic rings. The Balaban J connectivity index is 1.68. The van der Waals surface area contributed by atoms with Gasteiger partial charge in [0.2, 0.25) is 0 Å². The monoisotopic (exact) mass is 431 g/mol. The highest BCUT2D eigenvalue weighted by Gasteiger charge is 2.32. The molecule has 31 heavy (non-hydrogen) atoms. The molecule has 1 amide bonds. The van der Waals surface area contributed by atoms with Crippen LogP contribution in [0.4, 0.5) is 5.69 Å². The first-order valence-electron chi connectivity index (χ1n) is 10.2. The maximum atomic E-state index is 13.1. The minimum Gasteiger partial charge on any atom is -0.497 e. The van der Waals surface area contributed by atoms with Crippen molar-refractivity contribution in [1.29, 1.82) is 0 Å². The molecule has 0 radical (unpaired) electrons.